The van der Waals surface area contributed by atoms with E-state index in [4.69, 9.17) is 5.73 Å². The molecular weight excluding hydrogens is 212 g/mol. The zero-order valence-corrected chi connectivity index (χ0v) is 9.04. The lowest BCUT2D eigenvalue weighted by atomic mass is 10.1. The average molecular weight is 222 g/mol. The van der Waals surface area contributed by atoms with Crippen LogP contribution in [0.4, 0.5) is 5.82 Å². The number of hydrogen-bond donors (Lipinski definition) is 1. The van der Waals surface area contributed by atoms with E-state index in [1.54, 1.807) is 12.3 Å². The quantitative estimate of drug-likeness (QED) is 0.686. The molecule has 0 atom stereocenters. The number of nitrogens with two attached hydrogens (primary N) is 1. The molecule has 0 bridgehead atoms. The van der Waals surface area contributed by atoms with Gasteiger partial charge < -0.3 is 5.73 Å². The van der Waals surface area contributed by atoms with Crippen LogP contribution in [0.1, 0.15) is 0 Å². The molecule has 2 aromatic heterocycles. The highest BCUT2D eigenvalue weighted by Gasteiger charge is 2.01. The molecule has 0 spiro atoms. The maximum Gasteiger partial charge on any atom is 0.127 e. The maximum absolute atomic E-state index is 5.65. The molecule has 3 aromatic rings. The van der Waals surface area contributed by atoms with Gasteiger partial charge in [0.25, 0.3) is 0 Å². The Morgan fingerprint density at radius 3 is 2.76 bits per heavy atom. The summed E-state index contributed by atoms with van der Waals surface area (Å²) >= 11 is 0. The molecule has 3 rings (SSSR count). The van der Waals surface area contributed by atoms with Crippen molar-refractivity contribution in [2.75, 3.05) is 5.73 Å². The van der Waals surface area contributed by atoms with E-state index in [0.29, 0.717) is 5.82 Å². The molecule has 4 nitrogen and oxygen atoms in total. The van der Waals surface area contributed by atoms with E-state index in [1.165, 1.54) is 6.33 Å². The molecule has 0 aliphatic rings. The summed E-state index contributed by atoms with van der Waals surface area (Å²) in [6.45, 7) is 0. The van der Waals surface area contributed by atoms with Gasteiger partial charge in [0, 0.05) is 29.4 Å². The van der Waals surface area contributed by atoms with Crippen LogP contribution in [0.2, 0.25) is 0 Å². The number of benzene rings is 1. The van der Waals surface area contributed by atoms with Crippen molar-refractivity contribution in [1.29, 1.82) is 0 Å². The van der Waals surface area contributed by atoms with Gasteiger partial charge in [0.1, 0.15) is 12.1 Å². The first kappa shape index (κ1) is 9.72. The number of nitrogen functional groups attached to an aromatic ring is 1. The van der Waals surface area contributed by atoms with Crippen LogP contribution in [0.25, 0.3) is 22.0 Å². The van der Waals surface area contributed by atoms with Crippen molar-refractivity contribution in [3.05, 3.63) is 49.1 Å². The smallest absolute Gasteiger partial charge is 0.127 e. The molecule has 82 valence electrons. The van der Waals surface area contributed by atoms with E-state index in [1.807, 2.05) is 30.5 Å². The molecule has 0 saturated carbocycles. The van der Waals surface area contributed by atoms with Gasteiger partial charge in [-0.1, -0.05) is 12.1 Å². The number of pyridine rings is 1. The Balaban J connectivity index is 2.18. The van der Waals surface area contributed by atoms with Gasteiger partial charge in [-0.05, 0) is 17.5 Å². The van der Waals surface area contributed by atoms with E-state index in [-0.39, 0.29) is 0 Å². The monoisotopic (exact) mass is 222 g/mol. The molecule has 2 N–H and O–H groups in total. The first-order valence-electron chi connectivity index (χ1n) is 5.24. The van der Waals surface area contributed by atoms with Gasteiger partial charge in [0.05, 0.1) is 5.69 Å². The highest BCUT2D eigenvalue weighted by atomic mass is 14.9. The first-order chi connectivity index (χ1) is 8.33. The second-order valence-corrected chi connectivity index (χ2v) is 3.77. The van der Waals surface area contributed by atoms with Crippen molar-refractivity contribution in [2.45, 2.75) is 0 Å². The summed E-state index contributed by atoms with van der Waals surface area (Å²) in [5.74, 6) is 0.473. The van der Waals surface area contributed by atoms with Gasteiger partial charge in [-0.25, -0.2) is 9.97 Å². The fraction of sp³-hybridized carbons (Fsp3) is 0. The van der Waals surface area contributed by atoms with Crippen LogP contribution < -0.4 is 5.73 Å². The van der Waals surface area contributed by atoms with Crippen LogP contribution in [0, 0.1) is 0 Å². The fourth-order valence-electron chi connectivity index (χ4n) is 1.77. The molecule has 1 aromatic carbocycles. The van der Waals surface area contributed by atoms with Crippen LogP contribution in [-0.4, -0.2) is 15.0 Å². The Hall–Kier alpha value is -2.49. The minimum absolute atomic E-state index is 0.473. The fourth-order valence-corrected chi connectivity index (χ4v) is 1.77. The molecule has 2 heterocycles. The number of rotatable bonds is 1. The molecule has 0 aliphatic carbocycles. The zero-order valence-electron chi connectivity index (χ0n) is 9.04. The molecular formula is C13H10N4. The SMILES string of the molecule is Nc1cc(-c2ccc3ccncc3c2)ncn1. The summed E-state index contributed by atoms with van der Waals surface area (Å²) in [4.78, 5) is 12.2. The molecule has 0 unspecified atom stereocenters. The first-order valence-corrected chi connectivity index (χ1v) is 5.24. The van der Waals surface area contributed by atoms with Crippen molar-refractivity contribution in [2.24, 2.45) is 0 Å². The van der Waals surface area contributed by atoms with Gasteiger partial charge >= 0.3 is 0 Å². The van der Waals surface area contributed by atoms with Crippen LogP contribution in [0.5, 0.6) is 0 Å². The van der Waals surface area contributed by atoms with E-state index >= 15 is 0 Å². The topological polar surface area (TPSA) is 64.7 Å². The van der Waals surface area contributed by atoms with E-state index in [2.05, 4.69) is 15.0 Å². The zero-order chi connectivity index (χ0) is 11.7. The summed E-state index contributed by atoms with van der Waals surface area (Å²) in [6, 6.07) is 9.85. The third kappa shape index (κ3) is 1.80. The highest BCUT2D eigenvalue weighted by Crippen LogP contribution is 2.22. The van der Waals surface area contributed by atoms with Crippen LogP contribution >= 0.6 is 0 Å². The predicted molar refractivity (Wildman–Crippen MR) is 67.2 cm³/mol. The molecule has 0 saturated heterocycles. The molecule has 0 aliphatic heterocycles. The van der Waals surface area contributed by atoms with Crippen molar-refractivity contribution in [3.8, 4) is 11.3 Å². The number of hydrogen-bond acceptors (Lipinski definition) is 4. The molecule has 0 amide bonds. The van der Waals surface area contributed by atoms with Gasteiger partial charge in [-0.15, -0.1) is 0 Å². The standard InChI is InChI=1S/C13H10N4/c14-13-6-12(16-8-17-13)10-2-1-9-3-4-15-7-11(9)5-10/h1-8H,(H2,14,16,17). The molecule has 4 heteroatoms. The Labute approximate surface area is 98.2 Å². The van der Waals surface area contributed by atoms with Gasteiger partial charge in [0.15, 0.2) is 0 Å². The summed E-state index contributed by atoms with van der Waals surface area (Å²) in [5, 5.41) is 2.24. The number of nitrogens with zero attached hydrogens (tertiary/aromatic N) is 3. The lowest BCUT2D eigenvalue weighted by molar-refractivity contribution is 1.18. The highest BCUT2D eigenvalue weighted by molar-refractivity contribution is 5.86. The summed E-state index contributed by atoms with van der Waals surface area (Å²) in [5.41, 5.74) is 7.48. The predicted octanol–water partition coefficient (Wildman–Crippen LogP) is 2.27. The van der Waals surface area contributed by atoms with E-state index < -0.39 is 0 Å². The average Bonchev–Trinajstić information content (AvgIpc) is 2.38. The lowest BCUT2D eigenvalue weighted by Crippen LogP contribution is -1.92. The van der Waals surface area contributed by atoms with Gasteiger partial charge in [-0.2, -0.15) is 0 Å². The second-order valence-electron chi connectivity index (χ2n) is 3.77. The Kier molecular flexibility index (Phi) is 2.19. The Morgan fingerprint density at radius 1 is 0.941 bits per heavy atom. The van der Waals surface area contributed by atoms with Gasteiger partial charge in [-0.3, -0.25) is 4.98 Å². The summed E-state index contributed by atoms with van der Waals surface area (Å²) in [7, 11) is 0. The maximum atomic E-state index is 5.65. The van der Waals surface area contributed by atoms with Gasteiger partial charge in [0.2, 0.25) is 0 Å². The Morgan fingerprint density at radius 2 is 1.88 bits per heavy atom. The second kappa shape index (κ2) is 3.83. The van der Waals surface area contributed by atoms with Crippen LogP contribution in [-0.2, 0) is 0 Å². The summed E-state index contributed by atoms with van der Waals surface area (Å²) in [6.07, 6.45) is 5.09. The normalized spacial score (nSPS) is 10.6. The molecule has 0 fully saturated rings. The number of fused-ring (bicyclic) bond motifs is 1. The van der Waals surface area contributed by atoms with E-state index in [0.717, 1.165) is 22.0 Å². The Bertz CT molecular complexity index is 679. The molecule has 17 heavy (non-hydrogen) atoms. The minimum Gasteiger partial charge on any atom is -0.384 e. The number of anilines is 1. The van der Waals surface area contributed by atoms with Crippen molar-refractivity contribution < 1.29 is 0 Å². The minimum atomic E-state index is 0.473. The van der Waals surface area contributed by atoms with Crippen molar-refractivity contribution in [3.63, 3.8) is 0 Å². The third-order valence-corrected chi connectivity index (χ3v) is 2.62. The van der Waals surface area contributed by atoms with Crippen molar-refractivity contribution in [1.82, 2.24) is 15.0 Å². The van der Waals surface area contributed by atoms with Crippen LogP contribution in [0.3, 0.4) is 0 Å². The number of aromatic nitrogens is 3. The van der Waals surface area contributed by atoms with Crippen LogP contribution in [0.15, 0.2) is 49.1 Å². The lowest BCUT2D eigenvalue weighted by Gasteiger charge is -2.03. The summed E-state index contributed by atoms with van der Waals surface area (Å²) < 4.78 is 0. The third-order valence-electron chi connectivity index (χ3n) is 2.62. The van der Waals surface area contributed by atoms with Crippen molar-refractivity contribution >= 4 is 16.6 Å². The molecule has 0 radical (unpaired) electrons. The largest absolute Gasteiger partial charge is 0.384 e. The van der Waals surface area contributed by atoms with E-state index in [9.17, 15) is 0 Å².